The maximum Gasteiger partial charge on any atom is 0.146 e. The molecule has 12 heteroatoms. The van der Waals surface area contributed by atoms with Gasteiger partial charge >= 0.3 is 0 Å². The molecule has 1 aromatic carbocycles. The van der Waals surface area contributed by atoms with Gasteiger partial charge in [0.25, 0.3) is 0 Å². The van der Waals surface area contributed by atoms with Crippen molar-refractivity contribution in [1.82, 2.24) is 0 Å². The topological polar surface area (TPSA) is 0 Å². The van der Waals surface area contributed by atoms with Crippen molar-refractivity contribution in [2.45, 2.75) is 105 Å². The monoisotopic (exact) mass is 902 g/mol. The largest absolute Gasteiger partial charge is 0.146 e. The first kappa shape index (κ1) is 34.8. The maximum atomic E-state index is 4.38. The third-order valence-corrected chi connectivity index (χ3v) is 54.7. The Bertz CT molecular complexity index is 1060. The molecule has 0 nitrogen and oxygen atoms in total. The molecule has 0 saturated heterocycles. The van der Waals surface area contributed by atoms with E-state index in [0.29, 0.717) is 0 Å². The van der Waals surface area contributed by atoms with E-state index >= 15 is 0 Å². The van der Waals surface area contributed by atoms with Crippen molar-refractivity contribution in [3.05, 3.63) is 31.4 Å². The highest BCUT2D eigenvalue weighted by molar-refractivity contribution is 9.27. The highest BCUT2D eigenvalue weighted by atomic mass is 79.9. The zero-order valence-electron chi connectivity index (χ0n) is 26.7. The molecule has 2 heterocycles. The lowest BCUT2D eigenvalue weighted by Gasteiger charge is -2.53. The normalized spacial score (nSPS) is 22.8. The minimum atomic E-state index is -1.87. The smallest absolute Gasteiger partial charge is 0.121 e. The first-order valence-electron chi connectivity index (χ1n) is 13.9. The Morgan fingerprint density at radius 1 is 0.368 bits per heavy atom. The molecule has 214 valence electrons. The maximum absolute atomic E-state index is 4.38. The van der Waals surface area contributed by atoms with Crippen LogP contribution in [0.5, 0.6) is 0 Å². The van der Waals surface area contributed by atoms with Crippen LogP contribution < -0.4 is 20.7 Å². The lowest BCUT2D eigenvalue weighted by Crippen LogP contribution is -2.76. The molecule has 0 N–H and O–H groups in total. The molecule has 0 amide bonds. The van der Waals surface area contributed by atoms with Gasteiger partial charge in [-0.25, -0.2) is 0 Å². The van der Waals surface area contributed by atoms with Crippen molar-refractivity contribution in [1.29, 1.82) is 0 Å². The number of hydrogen-bond donors (Lipinski definition) is 0. The fourth-order valence-electron chi connectivity index (χ4n) is 8.62. The SMILES string of the molecule is C[Si](C)(Br)C1=C([Si](C)(C)Br)[Si](C)(C)c2cc3c(cc2[Si]1(C)C)[Si](C)(C)C([Si](C)(C)Br)=C([Si](C)(C)Br)[Si]3(C)C. The van der Waals surface area contributed by atoms with E-state index < -0.39 is 59.1 Å². The minimum absolute atomic E-state index is 1.70. The Balaban J connectivity index is 2.60. The highest BCUT2D eigenvalue weighted by Crippen LogP contribution is 2.46. The average molecular weight is 907 g/mol. The molecule has 38 heavy (non-hydrogen) atoms. The van der Waals surface area contributed by atoms with Crippen molar-refractivity contribution in [2.75, 3.05) is 0 Å². The summed E-state index contributed by atoms with van der Waals surface area (Å²) >= 11 is 17.5. The van der Waals surface area contributed by atoms with Crippen LogP contribution in [0.25, 0.3) is 0 Å². The Morgan fingerprint density at radius 2 is 0.500 bits per heavy atom. The molecule has 2 aliphatic rings. The van der Waals surface area contributed by atoms with Gasteiger partial charge in [0, 0.05) is 0 Å². The van der Waals surface area contributed by atoms with Gasteiger partial charge in [-0.15, -0.1) is 61.2 Å². The molecule has 0 saturated carbocycles. The van der Waals surface area contributed by atoms with Gasteiger partial charge < -0.3 is 0 Å². The zero-order chi connectivity index (χ0) is 30.0. The third-order valence-electron chi connectivity index (χ3n) is 9.23. The summed E-state index contributed by atoms with van der Waals surface area (Å²) in [4.78, 5) is 7.70. The van der Waals surface area contributed by atoms with E-state index in [4.69, 9.17) is 0 Å². The van der Waals surface area contributed by atoms with Crippen LogP contribution in [-0.4, -0.2) is 59.1 Å². The summed E-state index contributed by atoms with van der Waals surface area (Å²) in [7, 11) is -7.49. The van der Waals surface area contributed by atoms with Crippen LogP contribution >= 0.6 is 61.2 Å². The van der Waals surface area contributed by atoms with Crippen molar-refractivity contribution in [3.63, 3.8) is 0 Å². The predicted molar refractivity (Wildman–Crippen MR) is 215 cm³/mol. The lowest BCUT2D eigenvalue weighted by atomic mass is 10.3. The van der Waals surface area contributed by atoms with Gasteiger partial charge in [0.2, 0.25) is 0 Å². The van der Waals surface area contributed by atoms with E-state index in [1.807, 2.05) is 19.3 Å². The Morgan fingerprint density at radius 3 is 0.605 bits per heavy atom. The lowest BCUT2D eigenvalue weighted by molar-refractivity contribution is 1.58. The third kappa shape index (κ3) is 5.53. The van der Waals surface area contributed by atoms with E-state index in [1.165, 1.54) is 0 Å². The van der Waals surface area contributed by atoms with Crippen molar-refractivity contribution in [2.24, 2.45) is 0 Å². The minimum Gasteiger partial charge on any atom is -0.121 e. The molecule has 0 spiro atoms. The molecular weight excluding hydrogens is 857 g/mol. The van der Waals surface area contributed by atoms with E-state index in [0.717, 1.165) is 0 Å². The summed E-state index contributed by atoms with van der Waals surface area (Å²) < 4.78 is 0. The van der Waals surface area contributed by atoms with Crippen molar-refractivity contribution < 1.29 is 0 Å². The number of rotatable bonds is 4. The molecule has 0 atom stereocenters. The van der Waals surface area contributed by atoms with Crippen LogP contribution in [0.2, 0.25) is 105 Å². The summed E-state index contributed by atoms with van der Waals surface area (Å²) in [6.45, 7) is 35.2. The Kier molecular flexibility index (Phi) is 9.10. The molecule has 0 radical (unpaired) electrons. The fourth-order valence-corrected chi connectivity index (χ4v) is 88.6. The Labute approximate surface area is 274 Å². The van der Waals surface area contributed by atoms with Crippen LogP contribution in [0.1, 0.15) is 0 Å². The second kappa shape index (κ2) is 9.93. The van der Waals surface area contributed by atoms with E-state index in [2.05, 4.69) is 178 Å². The first-order chi connectivity index (χ1) is 16.4. The van der Waals surface area contributed by atoms with Crippen molar-refractivity contribution in [3.8, 4) is 0 Å². The molecule has 1 aromatic rings. The molecular formula is C26H50Br4Si8. The van der Waals surface area contributed by atoms with Crippen LogP contribution in [0, 0.1) is 0 Å². The van der Waals surface area contributed by atoms with Gasteiger partial charge in [-0.3, -0.25) is 0 Å². The number of hydrogen-bond acceptors (Lipinski definition) is 0. The van der Waals surface area contributed by atoms with Gasteiger partial charge in [0.05, 0.1) is 0 Å². The van der Waals surface area contributed by atoms with Gasteiger partial charge in [-0.2, -0.15) is 0 Å². The molecule has 3 rings (SSSR count). The second-order valence-corrected chi connectivity index (χ2v) is 72.6. The highest BCUT2D eigenvalue weighted by Gasteiger charge is 2.57. The molecule has 0 aromatic heterocycles. The number of fused-ring (bicyclic) bond motifs is 2. The van der Waals surface area contributed by atoms with Crippen LogP contribution in [0.4, 0.5) is 0 Å². The van der Waals surface area contributed by atoms with Gasteiger partial charge in [0.15, 0.2) is 0 Å². The summed E-state index contributed by atoms with van der Waals surface area (Å²) in [5.74, 6) is 0. The molecule has 0 aliphatic carbocycles. The molecule has 0 bridgehead atoms. The van der Waals surface area contributed by atoms with Crippen LogP contribution in [0.15, 0.2) is 31.4 Å². The standard InChI is InChI=1S/C26H50Br4Si8/c1-31(2)19-17-21-22(18-20(19)32(3,4)24(36(11,12)28)23(31)35(9,10)27)34(7,8)26(38(15,16)30)25(33(21,5)6)37(13,14)29/h17-18H,1-16H3. The molecule has 0 fully saturated rings. The first-order valence-corrected chi connectivity index (χ1v) is 46.9. The average Bonchev–Trinajstić information content (AvgIpc) is 2.63. The van der Waals surface area contributed by atoms with Gasteiger partial charge in [0.1, 0.15) is 59.1 Å². The molecule has 2 aliphatic heterocycles. The second-order valence-electron chi connectivity index (χ2n) is 15.8. The van der Waals surface area contributed by atoms with E-state index in [-0.39, 0.29) is 0 Å². The summed E-state index contributed by atoms with van der Waals surface area (Å²) in [6.07, 6.45) is 0. The molecule has 0 unspecified atom stereocenters. The van der Waals surface area contributed by atoms with Crippen LogP contribution in [0.3, 0.4) is 0 Å². The number of benzene rings is 1. The fraction of sp³-hybridized carbons (Fsp3) is 0.615. The summed E-state index contributed by atoms with van der Waals surface area (Å²) in [6, 6.07) is 5.73. The van der Waals surface area contributed by atoms with E-state index in [1.54, 1.807) is 20.7 Å². The summed E-state index contributed by atoms with van der Waals surface area (Å²) in [5, 5.41) is 7.20. The number of halogens is 4. The van der Waals surface area contributed by atoms with E-state index in [9.17, 15) is 0 Å². The zero-order valence-corrected chi connectivity index (χ0v) is 41.0. The van der Waals surface area contributed by atoms with Gasteiger partial charge in [-0.1, -0.05) is 157 Å². The van der Waals surface area contributed by atoms with Gasteiger partial charge in [-0.05, 0) is 0 Å². The quantitative estimate of drug-likeness (QED) is 0.210. The van der Waals surface area contributed by atoms with Crippen molar-refractivity contribution >= 4 is 141 Å². The predicted octanol–water partition coefficient (Wildman–Crippen LogP) is 8.68. The van der Waals surface area contributed by atoms with Crippen LogP contribution in [-0.2, 0) is 0 Å². The summed E-state index contributed by atoms with van der Waals surface area (Å²) in [5.41, 5.74) is 0. The Hall–Kier alpha value is 2.36.